The van der Waals surface area contributed by atoms with Crippen LogP contribution in [-0.2, 0) is 9.53 Å². The maximum Gasteiger partial charge on any atom is 0.328 e. The minimum Gasteiger partial charge on any atom is -0.497 e. The lowest BCUT2D eigenvalue weighted by Gasteiger charge is -2.30. The number of carbonyl (C=O) groups excluding carboxylic acids is 1. The highest BCUT2D eigenvalue weighted by Gasteiger charge is 2.31. The smallest absolute Gasteiger partial charge is 0.328 e. The van der Waals surface area contributed by atoms with E-state index in [1.165, 1.54) is 0 Å². The largest absolute Gasteiger partial charge is 0.497 e. The van der Waals surface area contributed by atoms with Gasteiger partial charge in [0.2, 0.25) is 0 Å². The normalized spacial score (nSPS) is 20.1. The molecule has 5 heteroatoms. The fourth-order valence-corrected chi connectivity index (χ4v) is 3.30. The van der Waals surface area contributed by atoms with Crippen LogP contribution in [0.5, 0.6) is 5.75 Å². The zero-order chi connectivity index (χ0) is 15.7. The van der Waals surface area contributed by atoms with E-state index in [-0.39, 0.29) is 11.3 Å². The van der Waals surface area contributed by atoms with Gasteiger partial charge in [0.25, 0.3) is 0 Å². The molecule has 2 atom stereocenters. The molecule has 0 radical (unpaired) electrons. The summed E-state index contributed by atoms with van der Waals surface area (Å²) in [4.78, 5) is 11.9. The number of benzene rings is 2. The molecule has 0 bridgehead atoms. The van der Waals surface area contributed by atoms with Gasteiger partial charge in [0.05, 0.1) is 19.1 Å². The van der Waals surface area contributed by atoms with Crippen molar-refractivity contribution in [3.05, 3.63) is 35.9 Å². The molecule has 3 rings (SSSR count). The van der Waals surface area contributed by atoms with E-state index in [1.807, 2.05) is 30.3 Å². The Morgan fingerprint density at radius 1 is 1.36 bits per heavy atom. The average Bonchev–Trinajstić information content (AvgIpc) is 2.53. The Balaban J connectivity index is 2.01. The van der Waals surface area contributed by atoms with Crippen LogP contribution in [0.2, 0.25) is 0 Å². The van der Waals surface area contributed by atoms with E-state index in [4.69, 9.17) is 21.1 Å². The first kappa shape index (κ1) is 15.0. The van der Waals surface area contributed by atoms with Crippen molar-refractivity contribution in [2.24, 2.45) is 0 Å². The Hall–Kier alpha value is -1.94. The lowest BCUT2D eigenvalue weighted by atomic mass is 9.92. The highest BCUT2D eigenvalue weighted by atomic mass is 35.5. The number of carbonyl (C=O) groups is 1. The number of hydrogen-bond donors (Lipinski definition) is 1. The predicted octanol–water partition coefficient (Wildman–Crippen LogP) is 3.88. The van der Waals surface area contributed by atoms with Crippen molar-refractivity contribution in [3.8, 4) is 5.75 Å². The summed E-state index contributed by atoms with van der Waals surface area (Å²) in [6, 6.07) is 9.47. The molecule has 0 fully saturated rings. The zero-order valence-corrected chi connectivity index (χ0v) is 13.3. The third-order valence-corrected chi connectivity index (χ3v) is 4.32. The van der Waals surface area contributed by atoms with Crippen LogP contribution in [0.3, 0.4) is 0 Å². The summed E-state index contributed by atoms with van der Waals surface area (Å²) in [5.74, 6) is 0.556. The van der Waals surface area contributed by atoms with E-state index in [1.54, 1.807) is 14.0 Å². The van der Waals surface area contributed by atoms with Crippen molar-refractivity contribution in [3.63, 3.8) is 0 Å². The van der Waals surface area contributed by atoms with Crippen molar-refractivity contribution in [1.82, 2.24) is 0 Å². The first-order chi connectivity index (χ1) is 10.6. The van der Waals surface area contributed by atoms with Gasteiger partial charge < -0.3 is 14.8 Å². The molecule has 4 nitrogen and oxygen atoms in total. The third kappa shape index (κ3) is 2.59. The Morgan fingerprint density at radius 3 is 2.91 bits per heavy atom. The molecule has 1 aliphatic heterocycles. The number of fused-ring (bicyclic) bond motifs is 3. The van der Waals surface area contributed by atoms with Gasteiger partial charge in [-0.15, -0.1) is 11.6 Å². The van der Waals surface area contributed by atoms with Gasteiger partial charge in [0.1, 0.15) is 11.8 Å². The minimum absolute atomic E-state index is 0.234. The monoisotopic (exact) mass is 319 g/mol. The van der Waals surface area contributed by atoms with Crippen LogP contribution >= 0.6 is 11.6 Å². The van der Waals surface area contributed by atoms with Crippen LogP contribution < -0.4 is 10.1 Å². The first-order valence-electron chi connectivity index (χ1n) is 7.32. The molecule has 2 aromatic rings. The Labute approximate surface area is 134 Å². The maximum atomic E-state index is 11.9. The molecule has 0 aromatic heterocycles. The van der Waals surface area contributed by atoms with E-state index in [0.717, 1.165) is 27.8 Å². The van der Waals surface area contributed by atoms with Crippen LogP contribution in [0, 0.1) is 0 Å². The molecule has 22 heavy (non-hydrogen) atoms. The van der Waals surface area contributed by atoms with Gasteiger partial charge >= 0.3 is 5.97 Å². The van der Waals surface area contributed by atoms with Gasteiger partial charge in [0, 0.05) is 11.3 Å². The van der Waals surface area contributed by atoms with Gasteiger partial charge in [-0.3, -0.25) is 0 Å². The number of methoxy groups -OCH3 is 1. The number of hydrogen-bond acceptors (Lipinski definition) is 4. The Morgan fingerprint density at radius 2 is 2.18 bits per heavy atom. The average molecular weight is 320 g/mol. The molecule has 1 aliphatic rings. The summed E-state index contributed by atoms with van der Waals surface area (Å²) in [7, 11) is 1.65. The second kappa shape index (κ2) is 6.05. The molecule has 0 amide bonds. The van der Waals surface area contributed by atoms with Crippen molar-refractivity contribution in [2.45, 2.75) is 24.8 Å². The number of halogens is 1. The standard InChI is InChI=1S/C17H18ClNO3/c1-3-22-17(20)15-9-13(18)16-12-6-5-11(21-2)8-10(12)4-7-14(16)19-15/h4-8,13,15,19H,3,9H2,1-2H3. The molecule has 0 aliphatic carbocycles. The SMILES string of the molecule is CCOC(=O)C1CC(Cl)c2c(ccc3cc(OC)ccc23)N1. The molecular weight excluding hydrogens is 302 g/mol. The number of nitrogens with one attached hydrogen (secondary N) is 1. The van der Waals surface area contributed by atoms with Crippen LogP contribution in [0.4, 0.5) is 5.69 Å². The van der Waals surface area contributed by atoms with E-state index in [0.29, 0.717) is 13.0 Å². The summed E-state index contributed by atoms with van der Waals surface area (Å²) in [6.45, 7) is 2.17. The maximum absolute atomic E-state index is 11.9. The summed E-state index contributed by atoms with van der Waals surface area (Å²) in [5.41, 5.74) is 1.92. The predicted molar refractivity (Wildman–Crippen MR) is 87.8 cm³/mol. The number of esters is 1. The third-order valence-electron chi connectivity index (χ3n) is 3.93. The van der Waals surface area contributed by atoms with Crippen molar-refractivity contribution >= 4 is 34.0 Å². The number of alkyl halides is 1. The summed E-state index contributed by atoms with van der Waals surface area (Å²) >= 11 is 6.56. The van der Waals surface area contributed by atoms with Gasteiger partial charge in [0.15, 0.2) is 0 Å². The molecule has 1 heterocycles. The van der Waals surface area contributed by atoms with Crippen LogP contribution in [0.15, 0.2) is 30.3 Å². The van der Waals surface area contributed by atoms with Crippen LogP contribution in [-0.4, -0.2) is 25.7 Å². The van der Waals surface area contributed by atoms with E-state index in [9.17, 15) is 4.79 Å². The second-order valence-electron chi connectivity index (χ2n) is 5.27. The fourth-order valence-electron chi connectivity index (χ4n) is 2.89. The number of rotatable bonds is 3. The quantitative estimate of drug-likeness (QED) is 0.689. The van der Waals surface area contributed by atoms with Gasteiger partial charge in [-0.05, 0) is 42.3 Å². The summed E-state index contributed by atoms with van der Waals surface area (Å²) in [6.07, 6.45) is 0.512. The molecule has 1 N–H and O–H groups in total. The van der Waals surface area contributed by atoms with Gasteiger partial charge in [-0.1, -0.05) is 12.1 Å². The molecule has 0 spiro atoms. The molecule has 116 valence electrons. The van der Waals surface area contributed by atoms with E-state index < -0.39 is 6.04 Å². The summed E-state index contributed by atoms with van der Waals surface area (Å²) in [5, 5.41) is 5.16. The zero-order valence-electron chi connectivity index (χ0n) is 12.6. The highest BCUT2D eigenvalue weighted by molar-refractivity contribution is 6.23. The topological polar surface area (TPSA) is 47.6 Å². The molecule has 2 unspecified atom stereocenters. The first-order valence-corrected chi connectivity index (χ1v) is 7.75. The Kier molecular flexibility index (Phi) is 4.12. The van der Waals surface area contributed by atoms with Gasteiger partial charge in [-0.2, -0.15) is 0 Å². The van der Waals surface area contributed by atoms with E-state index >= 15 is 0 Å². The molecule has 2 aromatic carbocycles. The molecule has 0 saturated carbocycles. The van der Waals surface area contributed by atoms with E-state index in [2.05, 4.69) is 5.32 Å². The van der Waals surface area contributed by atoms with Crippen LogP contribution in [0.25, 0.3) is 10.8 Å². The lowest BCUT2D eigenvalue weighted by Crippen LogP contribution is -2.35. The highest BCUT2D eigenvalue weighted by Crippen LogP contribution is 2.42. The fraction of sp³-hybridized carbons (Fsp3) is 0.353. The van der Waals surface area contributed by atoms with Gasteiger partial charge in [-0.25, -0.2) is 4.79 Å². The summed E-state index contributed by atoms with van der Waals surface area (Å²) < 4.78 is 10.3. The Bertz CT molecular complexity index is 716. The number of ether oxygens (including phenoxy) is 2. The second-order valence-corrected chi connectivity index (χ2v) is 5.79. The molecule has 0 saturated heterocycles. The number of anilines is 1. The van der Waals surface area contributed by atoms with Crippen molar-refractivity contribution in [2.75, 3.05) is 19.0 Å². The minimum atomic E-state index is -0.398. The molecular formula is C17H18ClNO3. The lowest BCUT2D eigenvalue weighted by molar-refractivity contribution is -0.144. The van der Waals surface area contributed by atoms with Crippen molar-refractivity contribution in [1.29, 1.82) is 0 Å². The van der Waals surface area contributed by atoms with Crippen LogP contribution in [0.1, 0.15) is 24.3 Å². The van der Waals surface area contributed by atoms with Crippen molar-refractivity contribution < 1.29 is 14.3 Å².